The van der Waals surface area contributed by atoms with Crippen molar-refractivity contribution in [1.82, 2.24) is 0 Å². The molecule has 0 saturated carbocycles. The zero-order valence-electron chi connectivity index (χ0n) is 13.5. The van der Waals surface area contributed by atoms with Crippen LogP contribution in [-0.4, -0.2) is 27.4 Å². The first-order valence-corrected chi connectivity index (χ1v) is 9.62. The number of aliphatic carboxylic acids is 1. The van der Waals surface area contributed by atoms with Crippen LogP contribution in [0.5, 0.6) is 0 Å². The van der Waals surface area contributed by atoms with Crippen LogP contribution in [0.25, 0.3) is 0 Å². The molecule has 0 aliphatic heterocycles. The van der Waals surface area contributed by atoms with E-state index in [4.69, 9.17) is 44.6 Å². The third-order valence-corrected chi connectivity index (χ3v) is 4.62. The van der Waals surface area contributed by atoms with Gasteiger partial charge in [0.15, 0.2) is 0 Å². The Bertz CT molecular complexity index is 790. The smallest absolute Gasteiger partial charge is 0.338 e. The van der Waals surface area contributed by atoms with Crippen molar-refractivity contribution in [2.24, 2.45) is 0 Å². The maximum absolute atomic E-state index is 12.2. The lowest BCUT2D eigenvalue weighted by atomic mass is 10.1. The molecule has 0 aliphatic rings. The quantitative estimate of drug-likeness (QED) is 0.372. The summed E-state index contributed by atoms with van der Waals surface area (Å²) in [6, 6.07) is 14.3. The normalized spacial score (nSPS) is 11.2. The number of carboxylic acid groups (broad SMARTS) is 1. The van der Waals surface area contributed by atoms with Crippen LogP contribution in [0.15, 0.2) is 53.4 Å². The number of carboxylic acids is 1. The first-order chi connectivity index (χ1) is 12.2. The van der Waals surface area contributed by atoms with E-state index in [2.05, 4.69) is 0 Å². The molecule has 0 radical (unpaired) electrons. The van der Waals surface area contributed by atoms with Crippen LogP contribution in [0.4, 0.5) is 0 Å². The zero-order valence-corrected chi connectivity index (χ0v) is 16.5. The number of thioether (sulfide) groups is 1. The van der Waals surface area contributed by atoms with E-state index in [9.17, 15) is 9.59 Å². The molecule has 0 bridgehead atoms. The van der Waals surface area contributed by atoms with Gasteiger partial charge in [0.05, 0.1) is 12.0 Å². The van der Waals surface area contributed by atoms with Gasteiger partial charge in [0, 0.05) is 10.6 Å². The van der Waals surface area contributed by atoms with Gasteiger partial charge in [-0.05, 0) is 29.3 Å². The summed E-state index contributed by atoms with van der Waals surface area (Å²) in [7, 11) is 0. The van der Waals surface area contributed by atoms with Crippen LogP contribution in [0.2, 0.25) is 0 Å². The molecule has 0 saturated heterocycles. The number of esters is 1. The molecule has 2 aromatic carbocycles. The van der Waals surface area contributed by atoms with Crippen LogP contribution in [0.3, 0.4) is 0 Å². The number of ether oxygens (including phenoxy) is 1. The van der Waals surface area contributed by atoms with Gasteiger partial charge in [0.1, 0.15) is 6.61 Å². The number of hydrogen-bond acceptors (Lipinski definition) is 4. The first kappa shape index (κ1) is 20.9. The van der Waals surface area contributed by atoms with Crippen molar-refractivity contribution in [2.75, 3.05) is 6.61 Å². The molecule has 8 heteroatoms. The van der Waals surface area contributed by atoms with Crippen molar-refractivity contribution in [3.8, 4) is 0 Å². The molecule has 4 nitrogen and oxygen atoms in total. The monoisotopic (exact) mass is 432 g/mol. The molecule has 138 valence electrons. The summed E-state index contributed by atoms with van der Waals surface area (Å²) in [6.45, 7) is -0.338. The number of alkyl halides is 3. The fraction of sp³-hybridized carbons (Fsp3) is 0.222. The minimum absolute atomic E-state index is 0.0334. The Morgan fingerprint density at radius 1 is 1.08 bits per heavy atom. The molecule has 0 atom stereocenters. The maximum atomic E-state index is 12.2. The molecule has 2 aromatic rings. The van der Waals surface area contributed by atoms with Crippen molar-refractivity contribution >= 4 is 58.5 Å². The highest BCUT2D eigenvalue weighted by molar-refractivity contribution is 7.98. The summed E-state index contributed by atoms with van der Waals surface area (Å²) in [4.78, 5) is 24.0. The summed E-state index contributed by atoms with van der Waals surface area (Å²) in [5.74, 6) is -0.934. The highest BCUT2D eigenvalue weighted by atomic mass is 35.6. The largest absolute Gasteiger partial charge is 0.481 e. The van der Waals surface area contributed by atoms with Crippen LogP contribution in [0, 0.1) is 0 Å². The number of benzene rings is 2. The van der Waals surface area contributed by atoms with E-state index in [1.54, 1.807) is 18.2 Å². The van der Waals surface area contributed by atoms with E-state index >= 15 is 0 Å². The second kappa shape index (κ2) is 9.51. The van der Waals surface area contributed by atoms with Crippen molar-refractivity contribution in [3.05, 3.63) is 65.2 Å². The Morgan fingerprint density at radius 2 is 1.81 bits per heavy atom. The van der Waals surface area contributed by atoms with Crippen molar-refractivity contribution < 1.29 is 19.4 Å². The van der Waals surface area contributed by atoms with Crippen LogP contribution >= 0.6 is 46.6 Å². The Morgan fingerprint density at radius 3 is 2.50 bits per heavy atom. The minimum atomic E-state index is -1.66. The fourth-order valence-electron chi connectivity index (χ4n) is 2.15. The molecular weight excluding hydrogens is 419 g/mol. The summed E-state index contributed by atoms with van der Waals surface area (Å²) >= 11 is 18.3. The van der Waals surface area contributed by atoms with Gasteiger partial charge < -0.3 is 9.84 Å². The van der Waals surface area contributed by atoms with Gasteiger partial charge in [0.2, 0.25) is 3.79 Å². The van der Waals surface area contributed by atoms with Crippen LogP contribution < -0.4 is 0 Å². The molecule has 0 heterocycles. The molecule has 0 spiro atoms. The average molecular weight is 434 g/mol. The molecule has 0 fully saturated rings. The highest BCUT2D eigenvalue weighted by Crippen LogP contribution is 2.28. The molecule has 0 aromatic heterocycles. The molecule has 0 aliphatic carbocycles. The predicted molar refractivity (Wildman–Crippen MR) is 104 cm³/mol. The third-order valence-electron chi connectivity index (χ3n) is 3.25. The average Bonchev–Trinajstić information content (AvgIpc) is 2.57. The van der Waals surface area contributed by atoms with E-state index in [1.807, 2.05) is 30.3 Å². The summed E-state index contributed by atoms with van der Waals surface area (Å²) in [5, 5.41) is 8.88. The Balaban J connectivity index is 2.06. The second-order valence-electron chi connectivity index (χ2n) is 5.36. The van der Waals surface area contributed by atoms with E-state index in [0.29, 0.717) is 11.3 Å². The number of hydrogen-bond donors (Lipinski definition) is 1. The summed E-state index contributed by atoms with van der Waals surface area (Å²) in [5.41, 5.74) is 1.89. The Hall–Kier alpha value is -1.40. The third kappa shape index (κ3) is 7.08. The van der Waals surface area contributed by atoms with Gasteiger partial charge in [-0.3, -0.25) is 4.79 Å². The molecular formula is C18H15Cl3O4S. The van der Waals surface area contributed by atoms with Crippen molar-refractivity contribution in [3.63, 3.8) is 0 Å². The predicted octanol–water partition coefficient (Wildman–Crippen LogP) is 5.13. The molecule has 26 heavy (non-hydrogen) atoms. The topological polar surface area (TPSA) is 63.6 Å². The Labute approximate surface area is 170 Å². The zero-order chi connectivity index (χ0) is 19.2. The molecule has 0 amide bonds. The lowest BCUT2D eigenvalue weighted by molar-refractivity contribution is -0.136. The van der Waals surface area contributed by atoms with Crippen LogP contribution in [0.1, 0.15) is 21.5 Å². The van der Waals surface area contributed by atoms with Gasteiger partial charge in [-0.1, -0.05) is 65.1 Å². The van der Waals surface area contributed by atoms with Gasteiger partial charge in [-0.15, -0.1) is 11.8 Å². The number of halogens is 3. The SMILES string of the molecule is O=C(O)Cc1cccc(SCc2ccccc2C(=O)OCC(Cl)(Cl)Cl)c1. The van der Waals surface area contributed by atoms with Gasteiger partial charge in [-0.2, -0.15) is 0 Å². The number of carbonyl (C=O) groups excluding carboxylic acids is 1. The number of rotatable bonds is 7. The van der Waals surface area contributed by atoms with E-state index in [1.165, 1.54) is 11.8 Å². The molecule has 0 unspecified atom stereocenters. The number of carbonyl (C=O) groups is 2. The second-order valence-corrected chi connectivity index (χ2v) is 8.92. The molecule has 2 rings (SSSR count). The van der Waals surface area contributed by atoms with Gasteiger partial charge in [-0.25, -0.2) is 4.79 Å². The summed E-state index contributed by atoms with van der Waals surface area (Å²) < 4.78 is 3.38. The Kier molecular flexibility index (Phi) is 7.65. The highest BCUT2D eigenvalue weighted by Gasteiger charge is 2.23. The van der Waals surface area contributed by atoms with Crippen molar-refractivity contribution in [2.45, 2.75) is 20.9 Å². The minimum Gasteiger partial charge on any atom is -0.481 e. The van der Waals surface area contributed by atoms with Crippen molar-refractivity contribution in [1.29, 1.82) is 0 Å². The van der Waals surface area contributed by atoms with Crippen LogP contribution in [-0.2, 0) is 21.7 Å². The first-order valence-electron chi connectivity index (χ1n) is 7.50. The standard InChI is InChI=1S/C18H15Cl3O4S/c19-18(20,21)11-25-17(24)15-7-2-1-5-13(15)10-26-14-6-3-4-12(8-14)9-16(22)23/h1-8H,9-11H2,(H,22,23). The van der Waals surface area contributed by atoms with E-state index in [0.717, 1.165) is 16.0 Å². The maximum Gasteiger partial charge on any atom is 0.338 e. The summed E-state index contributed by atoms with van der Waals surface area (Å²) in [6.07, 6.45) is -0.0334. The van der Waals surface area contributed by atoms with Gasteiger partial charge >= 0.3 is 11.9 Å². The van der Waals surface area contributed by atoms with E-state index in [-0.39, 0.29) is 13.0 Å². The van der Waals surface area contributed by atoms with Gasteiger partial charge in [0.25, 0.3) is 0 Å². The molecule has 1 N–H and O–H groups in total. The lowest BCUT2D eigenvalue weighted by Crippen LogP contribution is -2.18. The fourth-order valence-corrected chi connectivity index (χ4v) is 3.30. The lowest BCUT2D eigenvalue weighted by Gasteiger charge is -2.13. The van der Waals surface area contributed by atoms with E-state index < -0.39 is 15.7 Å².